The van der Waals surface area contributed by atoms with Crippen LogP contribution in [0.1, 0.15) is 16.9 Å². The average Bonchev–Trinajstić information content (AvgIpc) is 3.17. The van der Waals surface area contributed by atoms with Crippen molar-refractivity contribution in [2.24, 2.45) is 0 Å². The molecular weight excluding hydrogens is 332 g/mol. The van der Waals surface area contributed by atoms with Crippen LogP contribution < -0.4 is 21.5 Å². The number of furan rings is 1. The van der Waals surface area contributed by atoms with E-state index in [-0.39, 0.29) is 12.1 Å². The van der Waals surface area contributed by atoms with Gasteiger partial charge in [0, 0.05) is 6.42 Å². The summed E-state index contributed by atoms with van der Waals surface area (Å²) >= 11 is 0. The fraction of sp³-hybridized carbons (Fsp3) is 0.263. The number of aromatic amines is 1. The van der Waals surface area contributed by atoms with Gasteiger partial charge < -0.3 is 14.6 Å². The summed E-state index contributed by atoms with van der Waals surface area (Å²) in [6.07, 6.45) is 2.51. The third kappa shape index (κ3) is 3.34. The number of H-pyrrole nitrogens is 1. The highest BCUT2D eigenvalue weighted by atomic mass is 16.3. The summed E-state index contributed by atoms with van der Waals surface area (Å²) < 4.78 is 6.87. The van der Waals surface area contributed by atoms with E-state index in [2.05, 4.69) is 22.4 Å². The number of hydrogen-bond donors (Lipinski definition) is 3. The molecule has 0 radical (unpaired) electrons. The van der Waals surface area contributed by atoms with Gasteiger partial charge in [0.05, 0.1) is 19.4 Å². The van der Waals surface area contributed by atoms with Gasteiger partial charge in [-0.1, -0.05) is 30.3 Å². The van der Waals surface area contributed by atoms with Crippen LogP contribution in [-0.2, 0) is 19.5 Å². The molecule has 3 N–H and O–H groups in total. The van der Waals surface area contributed by atoms with Crippen LogP contribution in [0.15, 0.2) is 62.7 Å². The minimum Gasteiger partial charge on any atom is -0.467 e. The second kappa shape index (κ2) is 7.05. The monoisotopic (exact) mass is 353 g/mol. The molecule has 3 aromatic rings. The first-order chi connectivity index (χ1) is 12.7. The van der Waals surface area contributed by atoms with E-state index < -0.39 is 5.69 Å². The molecule has 7 heteroatoms. The largest absolute Gasteiger partial charge is 0.467 e. The molecule has 0 fully saturated rings. The van der Waals surface area contributed by atoms with Crippen molar-refractivity contribution in [2.75, 3.05) is 18.5 Å². The van der Waals surface area contributed by atoms with E-state index in [0.29, 0.717) is 30.4 Å². The van der Waals surface area contributed by atoms with Crippen molar-refractivity contribution in [3.63, 3.8) is 0 Å². The predicted octanol–water partition coefficient (Wildman–Crippen LogP) is 0.189. The molecule has 0 saturated carbocycles. The molecule has 0 amide bonds. The summed E-state index contributed by atoms with van der Waals surface area (Å²) in [5.41, 5.74) is 1.16. The molecule has 3 heterocycles. The van der Waals surface area contributed by atoms with E-state index in [1.165, 1.54) is 15.0 Å². The maximum Gasteiger partial charge on any atom is 0.330 e. The van der Waals surface area contributed by atoms with Gasteiger partial charge in [0.15, 0.2) is 6.67 Å². The lowest BCUT2D eigenvalue weighted by molar-refractivity contribution is -0.912. The first-order valence-corrected chi connectivity index (χ1v) is 8.70. The zero-order valence-corrected chi connectivity index (χ0v) is 14.3. The summed E-state index contributed by atoms with van der Waals surface area (Å²) in [4.78, 5) is 28.3. The lowest BCUT2D eigenvalue weighted by atomic mass is 10.1. The molecule has 0 bridgehead atoms. The van der Waals surface area contributed by atoms with Crippen molar-refractivity contribution < 1.29 is 9.32 Å². The number of nitrogens with one attached hydrogen (secondary N) is 3. The topological polar surface area (TPSA) is 84.5 Å². The Morgan fingerprint density at radius 2 is 1.96 bits per heavy atom. The van der Waals surface area contributed by atoms with Gasteiger partial charge in [-0.05, 0) is 17.7 Å². The van der Waals surface area contributed by atoms with Crippen LogP contribution in [0.25, 0.3) is 0 Å². The fourth-order valence-corrected chi connectivity index (χ4v) is 3.35. The number of benzene rings is 1. The van der Waals surface area contributed by atoms with Crippen LogP contribution >= 0.6 is 0 Å². The molecule has 1 atom stereocenters. The summed E-state index contributed by atoms with van der Waals surface area (Å²) in [6, 6.07) is 13.9. The highest BCUT2D eigenvalue weighted by Crippen LogP contribution is 2.13. The molecule has 134 valence electrons. The van der Waals surface area contributed by atoms with Crippen LogP contribution in [0, 0.1) is 0 Å². The number of nitrogens with zero attached hydrogens (tertiary/aromatic N) is 1. The number of rotatable bonds is 5. The second-order valence-electron chi connectivity index (χ2n) is 6.52. The number of hydrogen-bond acceptors (Lipinski definition) is 4. The van der Waals surface area contributed by atoms with Crippen LogP contribution in [0.3, 0.4) is 0 Å². The standard InChI is InChI=1S/C19H20N4O3/c24-18-16-12-22(9-8-14-5-2-1-3-6-14)13-20-17(16)23(19(25)21-18)11-15-7-4-10-26-15/h1-7,10,20H,8-9,11-13H2,(H,21,24,25)/p+1. The Hall–Kier alpha value is -3.06. The van der Waals surface area contributed by atoms with Crippen molar-refractivity contribution >= 4 is 5.82 Å². The molecule has 4 rings (SSSR count). The van der Waals surface area contributed by atoms with Gasteiger partial charge in [-0.15, -0.1) is 0 Å². The summed E-state index contributed by atoms with van der Waals surface area (Å²) in [5.74, 6) is 1.26. The Balaban J connectivity index is 1.55. The normalized spacial score (nSPS) is 16.1. The average molecular weight is 353 g/mol. The smallest absolute Gasteiger partial charge is 0.330 e. The molecule has 2 aromatic heterocycles. The third-order valence-corrected chi connectivity index (χ3v) is 4.73. The SMILES string of the molecule is O=c1[nH]c(=O)n(Cc2ccco2)c2c1C[NH+](CCc1ccccc1)CN2. The molecular formula is C19H21N4O3+. The quantitative estimate of drug-likeness (QED) is 0.611. The molecule has 26 heavy (non-hydrogen) atoms. The zero-order chi connectivity index (χ0) is 17.9. The molecule has 1 unspecified atom stereocenters. The van der Waals surface area contributed by atoms with Crippen molar-refractivity contribution in [2.45, 2.75) is 19.5 Å². The molecule has 1 aliphatic heterocycles. The van der Waals surface area contributed by atoms with Crippen molar-refractivity contribution in [1.82, 2.24) is 9.55 Å². The number of aromatic nitrogens is 2. The van der Waals surface area contributed by atoms with Gasteiger partial charge >= 0.3 is 5.69 Å². The van der Waals surface area contributed by atoms with Gasteiger partial charge in [0.1, 0.15) is 23.7 Å². The Morgan fingerprint density at radius 1 is 1.12 bits per heavy atom. The van der Waals surface area contributed by atoms with E-state index in [9.17, 15) is 9.59 Å². The van der Waals surface area contributed by atoms with E-state index >= 15 is 0 Å². The van der Waals surface area contributed by atoms with Gasteiger partial charge in [0.25, 0.3) is 5.56 Å². The van der Waals surface area contributed by atoms with Gasteiger partial charge in [-0.3, -0.25) is 14.3 Å². The molecule has 0 saturated heterocycles. The van der Waals surface area contributed by atoms with Gasteiger partial charge in [-0.2, -0.15) is 0 Å². The van der Waals surface area contributed by atoms with Crippen molar-refractivity contribution in [1.29, 1.82) is 0 Å². The highest BCUT2D eigenvalue weighted by Gasteiger charge is 2.25. The van der Waals surface area contributed by atoms with Crippen molar-refractivity contribution in [3.8, 4) is 0 Å². The molecule has 7 nitrogen and oxygen atoms in total. The van der Waals surface area contributed by atoms with E-state index in [4.69, 9.17) is 4.42 Å². The van der Waals surface area contributed by atoms with E-state index in [0.717, 1.165) is 13.0 Å². The predicted molar refractivity (Wildman–Crippen MR) is 97.3 cm³/mol. The van der Waals surface area contributed by atoms with Crippen molar-refractivity contribution in [3.05, 3.63) is 86.5 Å². The number of anilines is 1. The van der Waals surface area contributed by atoms with Crippen LogP contribution in [0.5, 0.6) is 0 Å². The molecule has 1 aromatic carbocycles. The minimum atomic E-state index is -0.426. The maximum absolute atomic E-state index is 12.3. The van der Waals surface area contributed by atoms with Crippen LogP contribution in [0.4, 0.5) is 5.82 Å². The number of quaternary nitrogens is 1. The molecule has 0 spiro atoms. The Kier molecular flexibility index (Phi) is 4.45. The van der Waals surface area contributed by atoms with E-state index in [1.54, 1.807) is 12.3 Å². The van der Waals surface area contributed by atoms with E-state index in [1.807, 2.05) is 24.3 Å². The first kappa shape index (κ1) is 16.4. The molecule has 1 aliphatic rings. The van der Waals surface area contributed by atoms with Gasteiger partial charge in [0.2, 0.25) is 0 Å². The van der Waals surface area contributed by atoms with Crippen LogP contribution in [0.2, 0.25) is 0 Å². The minimum absolute atomic E-state index is 0.289. The summed E-state index contributed by atoms with van der Waals surface area (Å²) in [6.45, 7) is 2.45. The number of fused-ring (bicyclic) bond motifs is 1. The Bertz CT molecular complexity index is 990. The third-order valence-electron chi connectivity index (χ3n) is 4.73. The second-order valence-corrected chi connectivity index (χ2v) is 6.52. The summed E-state index contributed by atoms with van der Waals surface area (Å²) in [5, 5.41) is 3.28. The zero-order valence-electron chi connectivity index (χ0n) is 14.3. The van der Waals surface area contributed by atoms with Crippen LogP contribution in [-0.4, -0.2) is 22.8 Å². The highest BCUT2D eigenvalue weighted by molar-refractivity contribution is 5.44. The lowest BCUT2D eigenvalue weighted by Crippen LogP contribution is -3.13. The summed E-state index contributed by atoms with van der Waals surface area (Å²) in [7, 11) is 0. The lowest BCUT2D eigenvalue weighted by Gasteiger charge is -2.28. The Morgan fingerprint density at radius 3 is 2.73 bits per heavy atom. The fourth-order valence-electron chi connectivity index (χ4n) is 3.35. The van der Waals surface area contributed by atoms with Gasteiger partial charge in [-0.25, -0.2) is 4.79 Å². The molecule has 0 aliphatic carbocycles. The first-order valence-electron chi connectivity index (χ1n) is 8.70. The maximum atomic E-state index is 12.3. The Labute approximate surface area is 149 Å².